The summed E-state index contributed by atoms with van der Waals surface area (Å²) in [6.07, 6.45) is 10.8. The molecule has 1 atom stereocenters. The zero-order valence-corrected chi connectivity index (χ0v) is 21.7. The molecule has 31 heavy (non-hydrogen) atoms. The quantitative estimate of drug-likeness (QED) is 0.610. The maximum Gasteiger partial charge on any atom is 0.194 e. The lowest BCUT2D eigenvalue weighted by molar-refractivity contribution is 0.236. The number of pyridine rings is 2. The highest BCUT2D eigenvalue weighted by Crippen LogP contribution is 2.44. The minimum Gasteiger partial charge on any atom is -0.371 e. The second-order valence-corrected chi connectivity index (χ2v) is 18.4. The summed E-state index contributed by atoms with van der Waals surface area (Å²) in [5.41, 5.74) is 2.47. The van der Waals surface area contributed by atoms with Gasteiger partial charge in [-0.25, -0.2) is 8.51 Å². The summed E-state index contributed by atoms with van der Waals surface area (Å²) in [7, 11) is -4.29. The first kappa shape index (κ1) is 22.7. The molecule has 2 aromatic rings. The van der Waals surface area contributed by atoms with Crippen LogP contribution in [0.25, 0.3) is 10.9 Å². The average Bonchev–Trinajstić information content (AvgIpc) is 3.11. The molecule has 0 radical (unpaired) electrons. The van der Waals surface area contributed by atoms with Crippen LogP contribution in [0.4, 0.5) is 5.69 Å². The largest absolute Gasteiger partial charge is 0.371 e. The minimum atomic E-state index is -2.33. The molecular weight excluding hydrogens is 422 g/mol. The van der Waals surface area contributed by atoms with Crippen LogP contribution < -0.4 is 4.90 Å². The van der Waals surface area contributed by atoms with Gasteiger partial charge in [0, 0.05) is 55.9 Å². The fourth-order valence-corrected chi connectivity index (χ4v) is 10.6. The molecule has 0 saturated carbocycles. The summed E-state index contributed by atoms with van der Waals surface area (Å²) in [4.78, 5) is 11.2. The summed E-state index contributed by atoms with van der Waals surface area (Å²) >= 11 is 0. The van der Waals surface area contributed by atoms with Gasteiger partial charge in [0.05, 0.1) is 21.6 Å². The highest BCUT2D eigenvalue weighted by atomic mass is 32.2. The molecule has 4 rings (SSSR count). The summed E-state index contributed by atoms with van der Waals surface area (Å²) in [5, 5.41) is 1.28. The Balaban J connectivity index is 1.48. The van der Waals surface area contributed by atoms with E-state index in [-0.39, 0.29) is 10.5 Å². The summed E-state index contributed by atoms with van der Waals surface area (Å²) in [5.74, 6) is 0. The van der Waals surface area contributed by atoms with E-state index in [2.05, 4.69) is 65.2 Å². The van der Waals surface area contributed by atoms with Crippen LogP contribution in [0.2, 0.25) is 18.1 Å². The van der Waals surface area contributed by atoms with Crippen LogP contribution in [-0.4, -0.2) is 59.2 Å². The molecule has 0 aromatic carbocycles. The van der Waals surface area contributed by atoms with E-state index in [4.69, 9.17) is 4.03 Å². The van der Waals surface area contributed by atoms with Crippen molar-refractivity contribution >= 4 is 34.7 Å². The Kier molecular flexibility index (Phi) is 5.71. The first-order chi connectivity index (χ1) is 14.4. The van der Waals surface area contributed by atoms with Gasteiger partial charge in [0.25, 0.3) is 0 Å². The summed E-state index contributed by atoms with van der Waals surface area (Å²) < 4.78 is 20.9. The number of nitrogens with zero attached hydrogens (tertiary/aromatic N) is 5. The number of piperidine rings is 1. The monoisotopic (exact) mass is 459 g/mol. The van der Waals surface area contributed by atoms with Crippen molar-refractivity contribution in [3.8, 4) is 0 Å². The minimum absolute atomic E-state index is 0.108. The third-order valence-corrected chi connectivity index (χ3v) is 15.9. The van der Waals surface area contributed by atoms with E-state index >= 15 is 0 Å². The van der Waals surface area contributed by atoms with Crippen molar-refractivity contribution in [1.29, 1.82) is 0 Å². The Morgan fingerprint density at radius 1 is 1.10 bits per heavy atom. The normalized spacial score (nSPS) is 22.1. The maximum atomic E-state index is 13.7. The van der Waals surface area contributed by atoms with Gasteiger partial charge in [-0.15, -0.1) is 0 Å². The zero-order chi connectivity index (χ0) is 22.5. The molecule has 2 aromatic heterocycles. The van der Waals surface area contributed by atoms with Crippen LogP contribution in [0.1, 0.15) is 40.0 Å². The smallest absolute Gasteiger partial charge is 0.194 e. The molecule has 0 amide bonds. The van der Waals surface area contributed by atoms with Crippen LogP contribution in [0, 0.1) is 5.41 Å². The van der Waals surface area contributed by atoms with Crippen LogP contribution in [0.3, 0.4) is 0 Å². The molecule has 1 spiro atoms. The molecular formula is C23H37N5OSSi. The van der Waals surface area contributed by atoms with Gasteiger partial charge in [-0.05, 0) is 54.9 Å². The lowest BCUT2D eigenvalue weighted by atomic mass is 9.77. The molecule has 1 unspecified atom stereocenters. The van der Waals surface area contributed by atoms with E-state index in [1.807, 2.05) is 24.8 Å². The zero-order valence-electron chi connectivity index (χ0n) is 19.9. The number of rotatable bonds is 3. The standard InChI is InChI=1S/C23H37N5OSSi/c1-22(2,3)31(5,6)26-30(4,29)28-16-11-23(18-28)9-14-27(15-10-23)21-8-13-25-20-17-24-12-7-19(20)21/h7-8,12-13,17H,9-11,14-16,18H2,1-6H3. The molecule has 2 fully saturated rings. The SMILES string of the molecule is CC(C)(C)[Si](C)(C)N=S(C)(=O)N1CCC2(CCN(c3ccnc4cnccc34)CC2)C1. The van der Waals surface area contributed by atoms with Gasteiger partial charge >= 0.3 is 0 Å². The molecule has 2 saturated heterocycles. The Morgan fingerprint density at radius 3 is 2.45 bits per heavy atom. The van der Waals surface area contributed by atoms with E-state index in [0.29, 0.717) is 0 Å². The van der Waals surface area contributed by atoms with Gasteiger partial charge in [0.2, 0.25) is 0 Å². The first-order valence-electron chi connectivity index (χ1n) is 11.3. The average molecular weight is 460 g/mol. The lowest BCUT2D eigenvalue weighted by Gasteiger charge is -2.41. The lowest BCUT2D eigenvalue weighted by Crippen LogP contribution is -2.43. The number of hydrogen-bond donors (Lipinski definition) is 0. The first-order valence-corrected chi connectivity index (χ1v) is 16.2. The predicted molar refractivity (Wildman–Crippen MR) is 133 cm³/mol. The highest BCUT2D eigenvalue weighted by Gasteiger charge is 2.44. The Morgan fingerprint density at radius 2 is 1.77 bits per heavy atom. The third-order valence-electron chi connectivity index (χ3n) is 7.80. The summed E-state index contributed by atoms with van der Waals surface area (Å²) in [6, 6.07) is 4.19. The van der Waals surface area contributed by atoms with Gasteiger partial charge in [-0.2, -0.15) is 0 Å². The van der Waals surface area contributed by atoms with Crippen LogP contribution in [0.5, 0.6) is 0 Å². The molecule has 0 bridgehead atoms. The Labute approximate surface area is 188 Å². The molecule has 0 N–H and O–H groups in total. The van der Waals surface area contributed by atoms with E-state index in [1.165, 1.54) is 11.1 Å². The van der Waals surface area contributed by atoms with Crippen LogP contribution in [-0.2, 0) is 9.92 Å². The molecule has 8 heteroatoms. The van der Waals surface area contributed by atoms with E-state index in [1.54, 1.807) is 0 Å². The van der Waals surface area contributed by atoms with Crippen molar-refractivity contribution in [1.82, 2.24) is 14.3 Å². The van der Waals surface area contributed by atoms with Crippen molar-refractivity contribution in [3.05, 3.63) is 30.7 Å². The highest BCUT2D eigenvalue weighted by molar-refractivity contribution is 7.91. The predicted octanol–water partition coefficient (Wildman–Crippen LogP) is 4.94. The number of hydrogen-bond acceptors (Lipinski definition) is 5. The Hall–Kier alpha value is -1.51. The van der Waals surface area contributed by atoms with Gasteiger partial charge in [0.15, 0.2) is 8.24 Å². The van der Waals surface area contributed by atoms with Crippen molar-refractivity contribution < 1.29 is 4.21 Å². The van der Waals surface area contributed by atoms with Gasteiger partial charge in [-0.1, -0.05) is 20.8 Å². The molecule has 2 aliphatic rings. The topological polar surface area (TPSA) is 61.7 Å². The van der Waals surface area contributed by atoms with Gasteiger partial charge in [0.1, 0.15) is 0 Å². The van der Waals surface area contributed by atoms with Crippen LogP contribution >= 0.6 is 0 Å². The second kappa shape index (κ2) is 7.81. The number of aromatic nitrogens is 2. The molecule has 0 aliphatic carbocycles. The second-order valence-electron chi connectivity index (χ2n) is 11.0. The van der Waals surface area contributed by atoms with Crippen LogP contribution in [0.15, 0.2) is 34.8 Å². The fraction of sp³-hybridized carbons (Fsp3) is 0.652. The summed E-state index contributed by atoms with van der Waals surface area (Å²) in [6.45, 7) is 15.1. The molecule has 170 valence electrons. The fourth-order valence-electron chi connectivity index (χ4n) is 4.69. The van der Waals surface area contributed by atoms with Crippen molar-refractivity contribution in [3.63, 3.8) is 0 Å². The molecule has 6 nitrogen and oxygen atoms in total. The third kappa shape index (κ3) is 4.39. The van der Waals surface area contributed by atoms with Gasteiger partial charge < -0.3 is 4.90 Å². The number of fused-ring (bicyclic) bond motifs is 1. The van der Waals surface area contributed by atoms with Crippen molar-refractivity contribution in [2.24, 2.45) is 9.44 Å². The molecule has 2 aliphatic heterocycles. The van der Waals surface area contributed by atoms with E-state index in [9.17, 15) is 4.21 Å². The Bertz CT molecular complexity index is 1070. The van der Waals surface area contributed by atoms with Gasteiger partial charge in [-0.3, -0.25) is 14.0 Å². The maximum absolute atomic E-state index is 13.7. The van der Waals surface area contributed by atoms with E-state index in [0.717, 1.165) is 51.0 Å². The van der Waals surface area contributed by atoms with E-state index < -0.39 is 18.2 Å². The van der Waals surface area contributed by atoms with Crippen molar-refractivity contribution in [2.45, 2.75) is 58.2 Å². The number of anilines is 1. The van der Waals surface area contributed by atoms with Crippen molar-refractivity contribution in [2.75, 3.05) is 37.3 Å². The molecule has 4 heterocycles.